The fourth-order valence-electron chi connectivity index (χ4n) is 3.82. The molecule has 5 nitrogen and oxygen atoms in total. The Kier molecular flexibility index (Phi) is 6.50. The number of aryl methyl sites for hydroxylation is 2. The fourth-order valence-corrected chi connectivity index (χ4v) is 4.13. The second kappa shape index (κ2) is 8.85. The molecule has 146 valence electrons. The molecular formula is C21H29N3O2S. The predicted octanol–water partition coefficient (Wildman–Crippen LogP) is 3.41. The van der Waals surface area contributed by atoms with E-state index in [9.17, 15) is 4.79 Å². The number of aromatic amines is 1. The van der Waals surface area contributed by atoms with Crippen molar-refractivity contribution < 1.29 is 4.74 Å². The molecule has 1 heterocycles. The molecule has 0 amide bonds. The highest BCUT2D eigenvalue weighted by Gasteiger charge is 2.25. The molecule has 1 aliphatic rings. The van der Waals surface area contributed by atoms with Gasteiger partial charge in [-0.3, -0.25) is 4.79 Å². The number of fused-ring (bicyclic) bond motifs is 1. The largest absolute Gasteiger partial charge is 0.383 e. The van der Waals surface area contributed by atoms with Crippen molar-refractivity contribution in [1.82, 2.24) is 15.2 Å². The van der Waals surface area contributed by atoms with Crippen LogP contribution < -0.4 is 10.9 Å². The third-order valence-electron chi connectivity index (χ3n) is 5.58. The van der Waals surface area contributed by atoms with Gasteiger partial charge in [0.1, 0.15) is 0 Å². The van der Waals surface area contributed by atoms with Crippen LogP contribution in [0.15, 0.2) is 23.0 Å². The molecule has 0 bridgehead atoms. The predicted molar refractivity (Wildman–Crippen MR) is 114 cm³/mol. The monoisotopic (exact) mass is 387 g/mol. The summed E-state index contributed by atoms with van der Waals surface area (Å²) in [6, 6.07) is 6.58. The summed E-state index contributed by atoms with van der Waals surface area (Å²) in [5.74, 6) is 0. The zero-order chi connectivity index (χ0) is 19.4. The van der Waals surface area contributed by atoms with Crippen LogP contribution in [0.2, 0.25) is 0 Å². The van der Waals surface area contributed by atoms with Crippen molar-refractivity contribution in [3.63, 3.8) is 0 Å². The van der Waals surface area contributed by atoms with E-state index in [2.05, 4.69) is 34.3 Å². The third-order valence-corrected chi connectivity index (χ3v) is 5.96. The van der Waals surface area contributed by atoms with Crippen LogP contribution in [-0.4, -0.2) is 41.3 Å². The first-order valence-corrected chi connectivity index (χ1v) is 10.1. The molecule has 2 aromatic rings. The Balaban J connectivity index is 1.88. The van der Waals surface area contributed by atoms with E-state index in [0.29, 0.717) is 30.9 Å². The average molecular weight is 388 g/mol. The Labute approximate surface area is 166 Å². The van der Waals surface area contributed by atoms with E-state index >= 15 is 0 Å². The van der Waals surface area contributed by atoms with Gasteiger partial charge in [-0.05, 0) is 61.5 Å². The summed E-state index contributed by atoms with van der Waals surface area (Å²) in [4.78, 5) is 18.0. The van der Waals surface area contributed by atoms with Crippen LogP contribution >= 0.6 is 12.2 Å². The van der Waals surface area contributed by atoms with Crippen LogP contribution in [0.4, 0.5) is 0 Å². The van der Waals surface area contributed by atoms with E-state index in [1.165, 1.54) is 18.4 Å². The van der Waals surface area contributed by atoms with E-state index in [1.807, 2.05) is 13.0 Å². The minimum absolute atomic E-state index is 0.0288. The summed E-state index contributed by atoms with van der Waals surface area (Å²) in [7, 11) is 1.68. The van der Waals surface area contributed by atoms with Crippen molar-refractivity contribution in [1.29, 1.82) is 0 Å². The lowest BCUT2D eigenvalue weighted by Crippen LogP contribution is -2.46. The Morgan fingerprint density at radius 3 is 2.78 bits per heavy atom. The van der Waals surface area contributed by atoms with Crippen molar-refractivity contribution in [2.75, 3.05) is 20.3 Å². The summed E-state index contributed by atoms with van der Waals surface area (Å²) in [5.41, 5.74) is 3.96. The molecule has 1 aliphatic carbocycles. The normalized spacial score (nSPS) is 14.6. The van der Waals surface area contributed by atoms with Crippen LogP contribution in [0.3, 0.4) is 0 Å². The van der Waals surface area contributed by atoms with Gasteiger partial charge in [0, 0.05) is 25.3 Å². The van der Waals surface area contributed by atoms with Gasteiger partial charge in [0.25, 0.3) is 5.56 Å². The number of rotatable bonds is 6. The molecule has 1 fully saturated rings. The molecule has 6 heteroatoms. The van der Waals surface area contributed by atoms with E-state index in [-0.39, 0.29) is 5.56 Å². The molecular weight excluding hydrogens is 358 g/mol. The van der Waals surface area contributed by atoms with Gasteiger partial charge in [0.2, 0.25) is 0 Å². The number of aromatic nitrogens is 1. The van der Waals surface area contributed by atoms with Crippen LogP contribution in [0.25, 0.3) is 10.9 Å². The highest BCUT2D eigenvalue weighted by atomic mass is 32.1. The third kappa shape index (κ3) is 4.50. The first-order chi connectivity index (χ1) is 13.0. The first kappa shape index (κ1) is 19.8. The van der Waals surface area contributed by atoms with Gasteiger partial charge in [0.05, 0.1) is 18.7 Å². The van der Waals surface area contributed by atoms with Gasteiger partial charge in [-0.1, -0.05) is 25.0 Å². The van der Waals surface area contributed by atoms with Crippen molar-refractivity contribution in [2.45, 2.75) is 52.1 Å². The highest BCUT2D eigenvalue weighted by Crippen LogP contribution is 2.25. The molecule has 0 saturated heterocycles. The van der Waals surface area contributed by atoms with Crippen LogP contribution in [-0.2, 0) is 11.3 Å². The summed E-state index contributed by atoms with van der Waals surface area (Å²) < 4.78 is 5.11. The van der Waals surface area contributed by atoms with Crippen LogP contribution in [0, 0.1) is 13.8 Å². The summed E-state index contributed by atoms with van der Waals surface area (Å²) >= 11 is 5.65. The van der Waals surface area contributed by atoms with Crippen LogP contribution in [0.1, 0.15) is 42.4 Å². The van der Waals surface area contributed by atoms with Crippen molar-refractivity contribution >= 4 is 28.2 Å². The average Bonchev–Trinajstić information content (AvgIpc) is 3.18. The van der Waals surface area contributed by atoms with Gasteiger partial charge < -0.3 is 19.9 Å². The Hall–Kier alpha value is -1.92. The fraction of sp³-hybridized carbons (Fsp3) is 0.524. The number of benzene rings is 1. The van der Waals surface area contributed by atoms with Crippen molar-refractivity contribution in [3.05, 3.63) is 45.2 Å². The molecule has 0 spiro atoms. The van der Waals surface area contributed by atoms with Gasteiger partial charge in [-0.25, -0.2) is 0 Å². The summed E-state index contributed by atoms with van der Waals surface area (Å²) in [6.07, 6.45) is 4.68. The zero-order valence-electron chi connectivity index (χ0n) is 16.4. The quantitative estimate of drug-likeness (QED) is 0.588. The van der Waals surface area contributed by atoms with Gasteiger partial charge in [-0.2, -0.15) is 0 Å². The van der Waals surface area contributed by atoms with Crippen LogP contribution in [0.5, 0.6) is 0 Å². The molecule has 0 radical (unpaired) electrons. The molecule has 2 N–H and O–H groups in total. The maximum absolute atomic E-state index is 12.8. The second-order valence-electron chi connectivity index (χ2n) is 7.39. The van der Waals surface area contributed by atoms with Gasteiger partial charge in [0.15, 0.2) is 5.11 Å². The topological polar surface area (TPSA) is 57.4 Å². The molecule has 1 aromatic heterocycles. The Morgan fingerprint density at radius 2 is 2.07 bits per heavy atom. The second-order valence-corrected chi connectivity index (χ2v) is 7.77. The smallest absolute Gasteiger partial charge is 0.253 e. The summed E-state index contributed by atoms with van der Waals surface area (Å²) in [5, 5.41) is 5.05. The maximum Gasteiger partial charge on any atom is 0.253 e. The summed E-state index contributed by atoms with van der Waals surface area (Å²) in [6.45, 7) is 5.92. The van der Waals surface area contributed by atoms with E-state index in [0.717, 1.165) is 34.9 Å². The lowest BCUT2D eigenvalue weighted by atomic mass is 10.0. The number of hydrogen-bond donors (Lipinski definition) is 2. The molecule has 3 rings (SSSR count). The number of thiocarbonyl (C=S) groups is 1. The van der Waals surface area contributed by atoms with E-state index in [1.54, 1.807) is 7.11 Å². The molecule has 0 aliphatic heterocycles. The standard InChI is InChI=1S/C21H29N3O2S/c1-14-8-9-16-12-17(20(25)23-19(16)15(14)2)13-24(18-6-4-5-7-18)21(27)22-10-11-26-3/h8-9,12,18H,4-7,10-11,13H2,1-3H3,(H,22,27)(H,23,25). The lowest BCUT2D eigenvalue weighted by molar-refractivity contribution is 0.201. The van der Waals surface area contributed by atoms with E-state index in [4.69, 9.17) is 17.0 Å². The SMILES string of the molecule is COCCNC(=S)N(Cc1cc2ccc(C)c(C)c2[nH]c1=O)C1CCCC1. The van der Waals surface area contributed by atoms with E-state index < -0.39 is 0 Å². The first-order valence-electron chi connectivity index (χ1n) is 9.66. The molecule has 0 unspecified atom stereocenters. The number of H-pyrrole nitrogens is 1. The minimum Gasteiger partial charge on any atom is -0.383 e. The maximum atomic E-state index is 12.8. The zero-order valence-corrected chi connectivity index (χ0v) is 17.2. The number of nitrogens with zero attached hydrogens (tertiary/aromatic N) is 1. The number of methoxy groups -OCH3 is 1. The Bertz CT molecular complexity index is 872. The minimum atomic E-state index is -0.0288. The van der Waals surface area contributed by atoms with Crippen molar-refractivity contribution in [2.24, 2.45) is 0 Å². The lowest BCUT2D eigenvalue weighted by Gasteiger charge is -2.31. The number of nitrogens with one attached hydrogen (secondary N) is 2. The highest BCUT2D eigenvalue weighted by molar-refractivity contribution is 7.80. The number of pyridine rings is 1. The van der Waals surface area contributed by atoms with Gasteiger partial charge in [-0.15, -0.1) is 0 Å². The molecule has 27 heavy (non-hydrogen) atoms. The van der Waals surface area contributed by atoms with Gasteiger partial charge >= 0.3 is 0 Å². The Morgan fingerprint density at radius 1 is 1.33 bits per heavy atom. The number of ether oxygens (including phenoxy) is 1. The number of hydrogen-bond acceptors (Lipinski definition) is 3. The molecule has 1 aromatic carbocycles. The molecule has 1 saturated carbocycles. The van der Waals surface area contributed by atoms with Crippen molar-refractivity contribution in [3.8, 4) is 0 Å². The molecule has 0 atom stereocenters.